The number of likely N-dealkylation sites (tertiary alicyclic amines) is 1. The van der Waals surface area contributed by atoms with Crippen molar-refractivity contribution >= 4 is 23.5 Å². The molecule has 5 rings (SSSR count). The number of carbonyl (C=O) groups excluding carboxylic acids is 4. The van der Waals surface area contributed by atoms with Crippen molar-refractivity contribution in [2.45, 2.75) is 115 Å². The Morgan fingerprint density at radius 3 is 2.34 bits per heavy atom. The van der Waals surface area contributed by atoms with Crippen molar-refractivity contribution in [2.24, 2.45) is 28.9 Å². The Morgan fingerprint density at radius 2 is 1.71 bits per heavy atom. The van der Waals surface area contributed by atoms with Crippen molar-refractivity contribution in [3.63, 3.8) is 0 Å². The average molecular weight is 487 g/mol. The van der Waals surface area contributed by atoms with Crippen LogP contribution in [0.5, 0.6) is 0 Å². The fourth-order valence-electron chi connectivity index (χ4n) is 7.25. The zero-order valence-corrected chi connectivity index (χ0v) is 21.1. The molecular formula is C27H42N4O4. The molecule has 1 aliphatic heterocycles. The highest BCUT2D eigenvalue weighted by Gasteiger charge is 2.63. The first kappa shape index (κ1) is 24.7. The van der Waals surface area contributed by atoms with Crippen molar-refractivity contribution in [1.29, 1.82) is 0 Å². The first-order valence-corrected chi connectivity index (χ1v) is 14.1. The molecule has 4 aliphatic carbocycles. The van der Waals surface area contributed by atoms with Crippen molar-refractivity contribution in [2.75, 3.05) is 6.54 Å². The van der Waals surface area contributed by atoms with Crippen LogP contribution in [0.25, 0.3) is 0 Å². The van der Waals surface area contributed by atoms with E-state index >= 15 is 0 Å². The number of fused-ring (bicyclic) bond motifs is 2. The largest absolute Gasteiger partial charge is 0.347 e. The Kier molecular flexibility index (Phi) is 6.94. The normalized spacial score (nSPS) is 31.0. The first-order valence-electron chi connectivity index (χ1n) is 14.1. The maximum Gasteiger partial charge on any atom is 0.289 e. The Balaban J connectivity index is 1.32. The number of nitrogens with one attached hydrogen (secondary N) is 2. The van der Waals surface area contributed by atoms with E-state index in [2.05, 4.69) is 10.6 Å². The number of carbonyl (C=O) groups is 4. The SMILES string of the molecule is CCCC(NC(=O)[C@@H]1[C@H]2CCC3(CC3)[C@H]2CN1C(=O)[C@@H](N)C1CCCCC1)C(=O)C(=O)NC1CC1. The van der Waals surface area contributed by atoms with E-state index < -0.39 is 29.8 Å². The zero-order valence-electron chi connectivity index (χ0n) is 21.1. The Morgan fingerprint density at radius 1 is 1.00 bits per heavy atom. The smallest absolute Gasteiger partial charge is 0.289 e. The van der Waals surface area contributed by atoms with E-state index in [1.165, 1.54) is 19.3 Å². The highest BCUT2D eigenvalue weighted by molar-refractivity contribution is 6.38. The van der Waals surface area contributed by atoms with Crippen LogP contribution < -0.4 is 16.4 Å². The number of ketones is 1. The number of hydrogen-bond donors (Lipinski definition) is 3. The second-order valence-corrected chi connectivity index (χ2v) is 12.0. The zero-order chi connectivity index (χ0) is 24.7. The van der Waals surface area contributed by atoms with Gasteiger partial charge in [0, 0.05) is 12.6 Å². The fraction of sp³-hybridized carbons (Fsp3) is 0.852. The summed E-state index contributed by atoms with van der Waals surface area (Å²) in [7, 11) is 0. The molecule has 5 fully saturated rings. The van der Waals surface area contributed by atoms with Gasteiger partial charge in [0.15, 0.2) is 0 Å². The van der Waals surface area contributed by atoms with Crippen LogP contribution in [0.1, 0.15) is 90.4 Å². The van der Waals surface area contributed by atoms with Gasteiger partial charge in [-0.2, -0.15) is 0 Å². The topological polar surface area (TPSA) is 122 Å². The third-order valence-corrected chi connectivity index (χ3v) is 9.65. The van der Waals surface area contributed by atoms with Crippen LogP contribution in [0.4, 0.5) is 0 Å². The van der Waals surface area contributed by atoms with Gasteiger partial charge < -0.3 is 21.3 Å². The molecule has 4 saturated carbocycles. The van der Waals surface area contributed by atoms with Gasteiger partial charge in [-0.15, -0.1) is 0 Å². The third kappa shape index (κ3) is 4.87. The molecule has 8 nitrogen and oxygen atoms in total. The van der Waals surface area contributed by atoms with E-state index in [1.54, 1.807) is 4.90 Å². The summed E-state index contributed by atoms with van der Waals surface area (Å²) in [6.45, 7) is 2.53. The van der Waals surface area contributed by atoms with E-state index in [-0.39, 0.29) is 35.1 Å². The lowest BCUT2D eigenvalue weighted by molar-refractivity contribution is -0.144. The maximum absolute atomic E-state index is 13.8. The monoisotopic (exact) mass is 486 g/mol. The van der Waals surface area contributed by atoms with Gasteiger partial charge in [-0.3, -0.25) is 19.2 Å². The predicted molar refractivity (Wildman–Crippen MR) is 131 cm³/mol. The van der Waals surface area contributed by atoms with Gasteiger partial charge in [0.25, 0.3) is 5.91 Å². The third-order valence-electron chi connectivity index (χ3n) is 9.65. The Bertz CT molecular complexity index is 861. The minimum Gasteiger partial charge on any atom is -0.347 e. The molecule has 5 atom stereocenters. The van der Waals surface area contributed by atoms with Gasteiger partial charge in [-0.1, -0.05) is 32.6 Å². The molecule has 1 saturated heterocycles. The van der Waals surface area contributed by atoms with Gasteiger partial charge in [-0.25, -0.2) is 0 Å². The molecule has 0 aromatic heterocycles. The average Bonchev–Trinajstić information content (AvgIpc) is 3.77. The maximum atomic E-state index is 13.8. The molecule has 4 N–H and O–H groups in total. The summed E-state index contributed by atoms with van der Waals surface area (Å²) in [4.78, 5) is 54.5. The van der Waals surface area contributed by atoms with Crippen molar-refractivity contribution in [1.82, 2.24) is 15.5 Å². The molecule has 35 heavy (non-hydrogen) atoms. The van der Waals surface area contributed by atoms with E-state index in [0.29, 0.717) is 25.3 Å². The quantitative estimate of drug-likeness (QED) is 0.431. The summed E-state index contributed by atoms with van der Waals surface area (Å²) < 4.78 is 0. The molecule has 0 radical (unpaired) electrons. The van der Waals surface area contributed by atoms with Gasteiger partial charge >= 0.3 is 0 Å². The Labute approximate surface area is 208 Å². The van der Waals surface area contributed by atoms with Crippen LogP contribution in [0.3, 0.4) is 0 Å². The van der Waals surface area contributed by atoms with Gasteiger partial charge in [0.05, 0.1) is 12.1 Å². The standard InChI is InChI=1S/C27H42N4O4/c1-2-6-20(23(32)25(34)29-17-9-10-17)30-24(33)22-18-11-12-27(13-14-27)19(18)15-31(22)26(35)21(28)16-7-4-3-5-8-16/h16-22H,2-15,28H2,1H3,(H,29,34)(H,30,33)/t18-,19-,20?,21-,22-/m0/s1. The van der Waals surface area contributed by atoms with Crippen LogP contribution in [-0.2, 0) is 19.2 Å². The molecule has 0 bridgehead atoms. The van der Waals surface area contributed by atoms with E-state index in [0.717, 1.165) is 51.4 Å². The summed E-state index contributed by atoms with van der Waals surface area (Å²) >= 11 is 0. The second kappa shape index (κ2) is 9.83. The summed E-state index contributed by atoms with van der Waals surface area (Å²) in [5.41, 5.74) is 6.81. The molecule has 1 heterocycles. The number of amides is 3. The van der Waals surface area contributed by atoms with Gasteiger partial charge in [-0.05, 0) is 81.0 Å². The van der Waals surface area contributed by atoms with Crippen molar-refractivity contribution < 1.29 is 19.2 Å². The molecule has 0 aromatic rings. The lowest BCUT2D eigenvalue weighted by Gasteiger charge is -2.34. The predicted octanol–water partition coefficient (Wildman–Crippen LogP) is 2.04. The lowest BCUT2D eigenvalue weighted by atomic mass is 9.83. The van der Waals surface area contributed by atoms with Crippen molar-refractivity contribution in [3.05, 3.63) is 0 Å². The molecule has 5 aliphatic rings. The van der Waals surface area contributed by atoms with Crippen LogP contribution in [0, 0.1) is 23.2 Å². The molecule has 3 amide bonds. The van der Waals surface area contributed by atoms with E-state index in [1.807, 2.05) is 6.92 Å². The summed E-state index contributed by atoms with van der Waals surface area (Å²) in [6.07, 6.45) is 12.6. The number of Topliss-reactive ketones (excluding diaryl/α,β-unsaturated/α-hetero) is 1. The second-order valence-electron chi connectivity index (χ2n) is 12.0. The summed E-state index contributed by atoms with van der Waals surface area (Å²) in [5, 5.41) is 5.66. The van der Waals surface area contributed by atoms with E-state index in [4.69, 9.17) is 5.73 Å². The van der Waals surface area contributed by atoms with Crippen LogP contribution in [-0.4, -0.2) is 59.1 Å². The van der Waals surface area contributed by atoms with Crippen LogP contribution >= 0.6 is 0 Å². The van der Waals surface area contributed by atoms with Gasteiger partial charge in [0.2, 0.25) is 17.6 Å². The molecule has 1 spiro atoms. The molecule has 1 unspecified atom stereocenters. The van der Waals surface area contributed by atoms with Gasteiger partial charge in [0.1, 0.15) is 6.04 Å². The lowest BCUT2D eigenvalue weighted by Crippen LogP contribution is -2.57. The molecule has 8 heteroatoms. The number of nitrogens with two attached hydrogens (primary N) is 1. The minimum atomic E-state index is -0.856. The number of hydrogen-bond acceptors (Lipinski definition) is 5. The molecule has 0 aromatic carbocycles. The molecule has 194 valence electrons. The number of rotatable bonds is 9. The van der Waals surface area contributed by atoms with Crippen LogP contribution in [0.2, 0.25) is 0 Å². The highest BCUT2D eigenvalue weighted by Crippen LogP contribution is 2.66. The summed E-state index contributed by atoms with van der Waals surface area (Å²) in [5.74, 6) is -0.964. The van der Waals surface area contributed by atoms with Crippen molar-refractivity contribution in [3.8, 4) is 0 Å². The molecular weight excluding hydrogens is 444 g/mol. The highest BCUT2D eigenvalue weighted by atomic mass is 16.2. The van der Waals surface area contributed by atoms with E-state index in [9.17, 15) is 19.2 Å². The van der Waals surface area contributed by atoms with Crippen LogP contribution in [0.15, 0.2) is 0 Å². The first-order chi connectivity index (χ1) is 16.8. The Hall–Kier alpha value is -1.96. The minimum absolute atomic E-state index is 0.0858. The summed E-state index contributed by atoms with van der Waals surface area (Å²) in [6, 6.07) is -1.94. The number of nitrogens with zero attached hydrogens (tertiary/aromatic N) is 1. The fourth-order valence-corrected chi connectivity index (χ4v) is 7.25.